The summed E-state index contributed by atoms with van der Waals surface area (Å²) in [5, 5.41) is 0. The molecule has 0 N–H and O–H groups in total. The van der Waals surface area contributed by atoms with E-state index >= 15 is 0 Å². The molecule has 0 spiro atoms. The van der Waals surface area contributed by atoms with E-state index in [9.17, 15) is 4.79 Å². The molecular formula is C16H20O2. The number of ether oxygens (including phenoxy) is 1. The maximum atomic E-state index is 11.9. The summed E-state index contributed by atoms with van der Waals surface area (Å²) >= 11 is 0. The van der Waals surface area contributed by atoms with Crippen LogP contribution in [0.15, 0.2) is 30.3 Å². The Morgan fingerprint density at radius 1 is 1.33 bits per heavy atom. The van der Waals surface area contributed by atoms with Gasteiger partial charge in [-0.25, -0.2) is 4.79 Å². The first-order valence-electron chi connectivity index (χ1n) is 6.47. The van der Waals surface area contributed by atoms with Crippen molar-refractivity contribution < 1.29 is 9.53 Å². The van der Waals surface area contributed by atoms with E-state index in [1.54, 1.807) is 12.1 Å². The molecule has 0 bridgehead atoms. The molecule has 2 nitrogen and oxygen atoms in total. The van der Waals surface area contributed by atoms with Crippen molar-refractivity contribution >= 4 is 5.97 Å². The van der Waals surface area contributed by atoms with Crippen molar-refractivity contribution in [3.05, 3.63) is 35.9 Å². The molecule has 0 aliphatic heterocycles. The van der Waals surface area contributed by atoms with E-state index in [4.69, 9.17) is 11.2 Å². The summed E-state index contributed by atoms with van der Waals surface area (Å²) in [5.41, 5.74) is 0.579. The quantitative estimate of drug-likeness (QED) is 0.414. The van der Waals surface area contributed by atoms with Gasteiger partial charge < -0.3 is 4.74 Å². The molecule has 96 valence electrons. The van der Waals surface area contributed by atoms with Crippen molar-refractivity contribution in [3.8, 4) is 12.3 Å². The lowest BCUT2D eigenvalue weighted by molar-refractivity contribution is 0.0288. The Morgan fingerprint density at radius 3 is 2.67 bits per heavy atom. The van der Waals surface area contributed by atoms with Gasteiger partial charge in [0, 0.05) is 6.42 Å². The van der Waals surface area contributed by atoms with Crippen LogP contribution in [0.25, 0.3) is 0 Å². The zero-order chi connectivity index (χ0) is 13.2. The minimum atomic E-state index is -0.285. The number of carbonyl (C=O) groups is 1. The highest BCUT2D eigenvalue weighted by Gasteiger charge is 2.14. The van der Waals surface area contributed by atoms with E-state index in [0.717, 1.165) is 25.7 Å². The van der Waals surface area contributed by atoms with Gasteiger partial charge in [0.1, 0.15) is 6.10 Å². The van der Waals surface area contributed by atoms with Crippen molar-refractivity contribution in [2.24, 2.45) is 0 Å². The van der Waals surface area contributed by atoms with E-state index in [-0.39, 0.29) is 12.1 Å². The Hall–Kier alpha value is -1.75. The van der Waals surface area contributed by atoms with Crippen LogP contribution in [0.4, 0.5) is 0 Å². The molecule has 0 fully saturated rings. The summed E-state index contributed by atoms with van der Waals surface area (Å²) in [6, 6.07) is 9.02. The summed E-state index contributed by atoms with van der Waals surface area (Å²) in [7, 11) is 0. The SMILES string of the molecule is C#CCC(CCCCC)OC(=O)c1ccccc1. The maximum Gasteiger partial charge on any atom is 0.338 e. The predicted octanol–water partition coefficient (Wildman–Crippen LogP) is 3.82. The third kappa shape index (κ3) is 5.05. The Morgan fingerprint density at radius 2 is 2.06 bits per heavy atom. The van der Waals surface area contributed by atoms with Crippen LogP contribution in [-0.4, -0.2) is 12.1 Å². The molecule has 18 heavy (non-hydrogen) atoms. The molecular weight excluding hydrogens is 224 g/mol. The van der Waals surface area contributed by atoms with Gasteiger partial charge in [0.15, 0.2) is 0 Å². The average Bonchev–Trinajstić information content (AvgIpc) is 2.40. The Bertz CT molecular complexity index is 389. The minimum absolute atomic E-state index is 0.158. The van der Waals surface area contributed by atoms with Crippen LogP contribution >= 0.6 is 0 Å². The molecule has 0 saturated carbocycles. The Balaban J connectivity index is 2.50. The highest BCUT2D eigenvalue weighted by Crippen LogP contribution is 2.12. The van der Waals surface area contributed by atoms with E-state index < -0.39 is 0 Å². The van der Waals surface area contributed by atoms with Gasteiger partial charge in [-0.1, -0.05) is 38.0 Å². The van der Waals surface area contributed by atoms with Gasteiger partial charge in [0.05, 0.1) is 5.56 Å². The van der Waals surface area contributed by atoms with Gasteiger partial charge in [-0.3, -0.25) is 0 Å². The number of hydrogen-bond donors (Lipinski definition) is 0. The van der Waals surface area contributed by atoms with E-state index in [2.05, 4.69) is 12.8 Å². The second-order valence-corrected chi connectivity index (χ2v) is 4.30. The Kier molecular flexibility index (Phi) is 6.64. The lowest BCUT2D eigenvalue weighted by Crippen LogP contribution is -2.18. The summed E-state index contributed by atoms with van der Waals surface area (Å²) in [6.45, 7) is 2.15. The molecule has 0 amide bonds. The van der Waals surface area contributed by atoms with E-state index in [0.29, 0.717) is 12.0 Å². The van der Waals surface area contributed by atoms with Crippen molar-refractivity contribution in [1.29, 1.82) is 0 Å². The number of carbonyl (C=O) groups excluding carboxylic acids is 1. The normalized spacial score (nSPS) is 11.6. The smallest absolute Gasteiger partial charge is 0.338 e. The molecule has 0 heterocycles. The molecule has 0 aliphatic rings. The predicted molar refractivity (Wildman–Crippen MR) is 73.2 cm³/mol. The van der Waals surface area contributed by atoms with Gasteiger partial charge in [0.25, 0.3) is 0 Å². The van der Waals surface area contributed by atoms with Crippen LogP contribution in [0.5, 0.6) is 0 Å². The van der Waals surface area contributed by atoms with Crippen molar-refractivity contribution in [1.82, 2.24) is 0 Å². The molecule has 1 aromatic carbocycles. The fourth-order valence-electron chi connectivity index (χ4n) is 1.75. The molecule has 0 aliphatic carbocycles. The highest BCUT2D eigenvalue weighted by molar-refractivity contribution is 5.89. The number of rotatable bonds is 7. The van der Waals surface area contributed by atoms with Crippen molar-refractivity contribution in [3.63, 3.8) is 0 Å². The van der Waals surface area contributed by atoms with Gasteiger partial charge in [-0.05, 0) is 25.0 Å². The van der Waals surface area contributed by atoms with Crippen LogP contribution in [0, 0.1) is 12.3 Å². The number of unbranched alkanes of at least 4 members (excludes halogenated alkanes) is 2. The average molecular weight is 244 g/mol. The van der Waals surface area contributed by atoms with Crippen molar-refractivity contribution in [2.75, 3.05) is 0 Å². The molecule has 0 saturated heterocycles. The summed E-state index contributed by atoms with van der Waals surface area (Å²) < 4.78 is 5.44. The first-order chi connectivity index (χ1) is 8.77. The molecule has 1 rings (SSSR count). The molecule has 2 heteroatoms. The third-order valence-electron chi connectivity index (χ3n) is 2.76. The standard InChI is InChI=1S/C16H20O2/c1-3-5-7-13-15(10-4-2)18-16(17)14-11-8-6-9-12-14/h2,6,8-9,11-12,15H,3,5,7,10,13H2,1H3. The third-order valence-corrected chi connectivity index (χ3v) is 2.76. The van der Waals surface area contributed by atoms with E-state index in [1.807, 2.05) is 18.2 Å². The largest absolute Gasteiger partial charge is 0.458 e. The lowest BCUT2D eigenvalue weighted by Gasteiger charge is -2.15. The zero-order valence-electron chi connectivity index (χ0n) is 10.9. The monoisotopic (exact) mass is 244 g/mol. The van der Waals surface area contributed by atoms with Crippen LogP contribution in [0.1, 0.15) is 49.4 Å². The van der Waals surface area contributed by atoms with Crippen LogP contribution < -0.4 is 0 Å². The van der Waals surface area contributed by atoms with Gasteiger partial charge in [-0.15, -0.1) is 12.3 Å². The highest BCUT2D eigenvalue weighted by atomic mass is 16.5. The lowest BCUT2D eigenvalue weighted by atomic mass is 10.1. The first kappa shape index (κ1) is 14.3. The second kappa shape index (κ2) is 8.36. The molecule has 0 radical (unpaired) electrons. The van der Waals surface area contributed by atoms with Gasteiger partial charge in [-0.2, -0.15) is 0 Å². The van der Waals surface area contributed by atoms with Crippen LogP contribution in [0.3, 0.4) is 0 Å². The summed E-state index contributed by atoms with van der Waals surface area (Å²) in [5.74, 6) is 2.29. The summed E-state index contributed by atoms with van der Waals surface area (Å²) in [4.78, 5) is 11.9. The number of benzene rings is 1. The van der Waals surface area contributed by atoms with Crippen LogP contribution in [-0.2, 0) is 4.74 Å². The molecule has 1 atom stereocenters. The zero-order valence-corrected chi connectivity index (χ0v) is 10.9. The van der Waals surface area contributed by atoms with E-state index in [1.165, 1.54) is 0 Å². The fraction of sp³-hybridized carbons (Fsp3) is 0.438. The first-order valence-corrected chi connectivity index (χ1v) is 6.47. The number of hydrogen-bond acceptors (Lipinski definition) is 2. The topological polar surface area (TPSA) is 26.3 Å². The molecule has 1 aromatic rings. The van der Waals surface area contributed by atoms with Gasteiger partial charge >= 0.3 is 5.97 Å². The maximum absolute atomic E-state index is 11.9. The summed E-state index contributed by atoms with van der Waals surface area (Å²) in [6.07, 6.45) is 9.82. The van der Waals surface area contributed by atoms with Gasteiger partial charge in [0.2, 0.25) is 0 Å². The molecule has 0 aromatic heterocycles. The fourth-order valence-corrected chi connectivity index (χ4v) is 1.75. The van der Waals surface area contributed by atoms with Crippen LogP contribution in [0.2, 0.25) is 0 Å². The Labute approximate surface area is 109 Å². The number of terminal acetylenes is 1. The minimum Gasteiger partial charge on any atom is -0.458 e. The second-order valence-electron chi connectivity index (χ2n) is 4.30. The van der Waals surface area contributed by atoms with Crippen molar-refractivity contribution in [2.45, 2.75) is 45.1 Å². The molecule has 1 unspecified atom stereocenters. The number of esters is 1.